The Labute approximate surface area is 125 Å². The monoisotopic (exact) mass is 302 g/mol. The van der Waals surface area contributed by atoms with E-state index >= 15 is 0 Å². The first-order chi connectivity index (χ1) is 8.96. The van der Waals surface area contributed by atoms with Gasteiger partial charge in [0.05, 0.1) is 21.3 Å². The minimum atomic E-state index is 0. The van der Waals surface area contributed by atoms with Gasteiger partial charge in [0.15, 0.2) is 11.5 Å². The summed E-state index contributed by atoms with van der Waals surface area (Å²) in [5.74, 6) is 2.88. The second kappa shape index (κ2) is 7.85. The summed E-state index contributed by atoms with van der Waals surface area (Å²) in [6, 6.07) is 3.36. The zero-order valence-electron chi connectivity index (χ0n) is 12.4. The van der Waals surface area contributed by atoms with Crippen LogP contribution >= 0.6 is 0 Å². The summed E-state index contributed by atoms with van der Waals surface area (Å²) >= 11 is 0. The summed E-state index contributed by atoms with van der Waals surface area (Å²) < 4.78 is 15.3. The Morgan fingerprint density at radius 3 is 1.50 bits per heavy atom. The molecule has 1 aliphatic carbocycles. The molecule has 1 aromatic rings. The Balaban J connectivity index is 0.000000434. The maximum absolute atomic E-state index is 10.2. The van der Waals surface area contributed by atoms with Crippen molar-refractivity contribution in [3.63, 3.8) is 0 Å². The molecule has 2 atom stereocenters. The van der Waals surface area contributed by atoms with E-state index in [0.717, 1.165) is 0 Å². The van der Waals surface area contributed by atoms with Crippen LogP contribution in [-0.4, -0.2) is 27.1 Å². The zero-order chi connectivity index (χ0) is 14.6. The van der Waals surface area contributed by atoms with E-state index in [2.05, 4.69) is 0 Å². The highest BCUT2D eigenvalue weighted by Crippen LogP contribution is 2.38. The van der Waals surface area contributed by atoms with E-state index in [0.29, 0.717) is 40.6 Å². The molecule has 1 saturated carbocycles. The van der Waals surface area contributed by atoms with Crippen LogP contribution < -0.4 is 32.4 Å². The quantitative estimate of drug-likeness (QED) is 0.736. The number of nitrogens with two attached hydrogens (primary N) is 1. The highest BCUT2D eigenvalue weighted by atomic mass is 35.5. The van der Waals surface area contributed by atoms with Gasteiger partial charge >= 0.3 is 0 Å². The van der Waals surface area contributed by atoms with Crippen LogP contribution in [0.1, 0.15) is 13.8 Å². The molecule has 114 valence electrons. The molecular formula is C14H21ClNO4-. The normalized spacial score (nSPS) is 19.1. The summed E-state index contributed by atoms with van der Waals surface area (Å²) in [6.07, 6.45) is 0. The minimum absolute atomic E-state index is 0. The van der Waals surface area contributed by atoms with Crippen LogP contribution in [0.15, 0.2) is 12.1 Å². The predicted molar refractivity (Wildman–Crippen MR) is 73.8 cm³/mol. The van der Waals surface area contributed by atoms with Crippen molar-refractivity contribution in [3.05, 3.63) is 12.1 Å². The Morgan fingerprint density at radius 2 is 1.30 bits per heavy atom. The van der Waals surface area contributed by atoms with E-state index in [9.17, 15) is 4.79 Å². The lowest BCUT2D eigenvalue weighted by Crippen LogP contribution is -3.00. The SMILES string of the molecule is CC1C(=O)C1C.COc1cc(N)cc(OC)c1OC.[Cl-]. The van der Waals surface area contributed by atoms with Crippen molar-refractivity contribution in [2.24, 2.45) is 11.8 Å². The molecule has 2 N–H and O–H groups in total. The van der Waals surface area contributed by atoms with Crippen LogP contribution in [0.4, 0.5) is 5.69 Å². The number of benzene rings is 1. The average Bonchev–Trinajstić information content (AvgIpc) is 2.94. The maximum Gasteiger partial charge on any atom is 0.203 e. The average molecular weight is 303 g/mol. The third kappa shape index (κ3) is 4.20. The first-order valence-electron chi connectivity index (χ1n) is 6.05. The van der Waals surface area contributed by atoms with Gasteiger partial charge in [-0.25, -0.2) is 0 Å². The number of halogens is 1. The third-order valence-electron chi connectivity index (χ3n) is 3.23. The molecule has 1 fully saturated rings. The van der Waals surface area contributed by atoms with Crippen LogP contribution in [-0.2, 0) is 4.79 Å². The van der Waals surface area contributed by atoms with Crippen molar-refractivity contribution < 1.29 is 31.4 Å². The van der Waals surface area contributed by atoms with Crippen LogP contribution in [0.5, 0.6) is 17.2 Å². The number of carbonyl (C=O) groups is 1. The van der Waals surface area contributed by atoms with Crippen LogP contribution in [0.2, 0.25) is 0 Å². The van der Waals surface area contributed by atoms with Crippen molar-refractivity contribution in [1.29, 1.82) is 0 Å². The molecule has 0 aromatic heterocycles. The molecule has 6 heteroatoms. The molecule has 0 amide bonds. The number of ketones is 1. The molecule has 1 aliphatic rings. The van der Waals surface area contributed by atoms with Crippen molar-refractivity contribution >= 4 is 11.5 Å². The third-order valence-corrected chi connectivity index (χ3v) is 3.23. The fraction of sp³-hybridized carbons (Fsp3) is 0.500. The van der Waals surface area contributed by atoms with Gasteiger partial charge in [-0.3, -0.25) is 4.79 Å². The van der Waals surface area contributed by atoms with Crippen LogP contribution in [0, 0.1) is 11.8 Å². The zero-order valence-corrected chi connectivity index (χ0v) is 13.2. The van der Waals surface area contributed by atoms with Gasteiger partial charge in [-0.15, -0.1) is 0 Å². The lowest BCUT2D eigenvalue weighted by Gasteiger charge is -2.12. The van der Waals surface area contributed by atoms with Crippen molar-refractivity contribution in [2.45, 2.75) is 13.8 Å². The summed E-state index contributed by atoms with van der Waals surface area (Å²) in [5, 5.41) is 0. The molecule has 0 spiro atoms. The number of ether oxygens (including phenoxy) is 3. The number of carbonyl (C=O) groups excluding carboxylic acids is 1. The fourth-order valence-corrected chi connectivity index (χ4v) is 1.63. The summed E-state index contributed by atoms with van der Waals surface area (Å²) in [4.78, 5) is 10.2. The predicted octanol–water partition coefficient (Wildman–Crippen LogP) is -0.860. The number of methoxy groups -OCH3 is 3. The molecule has 2 unspecified atom stereocenters. The number of hydrogen-bond acceptors (Lipinski definition) is 5. The second-order valence-corrected chi connectivity index (χ2v) is 4.44. The molecule has 1 aromatic carbocycles. The maximum atomic E-state index is 10.2. The van der Waals surface area contributed by atoms with E-state index in [1.54, 1.807) is 33.5 Å². The summed E-state index contributed by atoms with van der Waals surface area (Å²) in [5.41, 5.74) is 6.20. The van der Waals surface area contributed by atoms with Gasteiger partial charge in [0, 0.05) is 29.7 Å². The molecule has 0 radical (unpaired) electrons. The first kappa shape index (κ1) is 18.4. The van der Waals surface area contributed by atoms with Crippen LogP contribution in [0.25, 0.3) is 0 Å². The summed E-state index contributed by atoms with van der Waals surface area (Å²) in [7, 11) is 4.66. The second-order valence-electron chi connectivity index (χ2n) is 4.44. The van der Waals surface area contributed by atoms with Gasteiger partial charge in [-0.05, 0) is 0 Å². The van der Waals surface area contributed by atoms with Gasteiger partial charge in [-0.2, -0.15) is 0 Å². The first-order valence-corrected chi connectivity index (χ1v) is 6.05. The molecule has 0 heterocycles. The topological polar surface area (TPSA) is 70.8 Å². The summed E-state index contributed by atoms with van der Waals surface area (Å²) in [6.45, 7) is 3.93. The van der Waals surface area contributed by atoms with Crippen molar-refractivity contribution in [1.82, 2.24) is 0 Å². The van der Waals surface area contributed by atoms with Gasteiger partial charge in [0.1, 0.15) is 5.78 Å². The van der Waals surface area contributed by atoms with Gasteiger partial charge in [0.25, 0.3) is 0 Å². The van der Waals surface area contributed by atoms with E-state index < -0.39 is 0 Å². The Kier molecular flexibility index (Phi) is 7.21. The highest BCUT2D eigenvalue weighted by molar-refractivity contribution is 5.98. The molecule has 20 heavy (non-hydrogen) atoms. The van der Waals surface area contributed by atoms with E-state index in [4.69, 9.17) is 19.9 Å². The molecule has 0 aliphatic heterocycles. The fourth-order valence-electron chi connectivity index (χ4n) is 1.63. The largest absolute Gasteiger partial charge is 1.00 e. The number of anilines is 1. The Hall–Kier alpha value is -1.62. The lowest BCUT2D eigenvalue weighted by molar-refractivity contribution is -0.111. The van der Waals surface area contributed by atoms with Gasteiger partial charge in [0.2, 0.25) is 5.75 Å². The van der Waals surface area contributed by atoms with E-state index in [-0.39, 0.29) is 12.4 Å². The molecular weight excluding hydrogens is 282 g/mol. The van der Waals surface area contributed by atoms with Crippen molar-refractivity contribution in [3.8, 4) is 17.2 Å². The number of Topliss-reactive ketones (excluding diaryl/α,β-unsaturated/α-hetero) is 1. The molecule has 0 bridgehead atoms. The van der Waals surface area contributed by atoms with E-state index in [1.807, 2.05) is 13.8 Å². The number of nitrogen functional groups attached to an aromatic ring is 1. The van der Waals surface area contributed by atoms with Crippen LogP contribution in [0.3, 0.4) is 0 Å². The van der Waals surface area contributed by atoms with E-state index in [1.165, 1.54) is 0 Å². The Bertz CT molecular complexity index is 429. The van der Waals surface area contributed by atoms with Gasteiger partial charge < -0.3 is 32.4 Å². The standard InChI is InChI=1S/C9H13NO3.C5H8O.ClH/c1-11-7-4-6(10)5-8(12-2)9(7)13-3;1-3-4(2)5(3)6;/h4-5H,10H2,1-3H3;3-4H,1-2H3;1H/p-1. The molecule has 0 saturated heterocycles. The molecule has 2 rings (SSSR count). The smallest absolute Gasteiger partial charge is 0.203 e. The minimum Gasteiger partial charge on any atom is -1.00 e. The highest BCUT2D eigenvalue weighted by Gasteiger charge is 2.40. The number of hydrogen-bond donors (Lipinski definition) is 1. The Morgan fingerprint density at radius 1 is 0.950 bits per heavy atom. The van der Waals surface area contributed by atoms with Crippen molar-refractivity contribution in [2.75, 3.05) is 27.1 Å². The van der Waals surface area contributed by atoms with Gasteiger partial charge in [-0.1, -0.05) is 13.8 Å². The lowest BCUT2D eigenvalue weighted by atomic mass is 10.2. The number of rotatable bonds is 3. The molecule has 5 nitrogen and oxygen atoms in total.